The summed E-state index contributed by atoms with van der Waals surface area (Å²) in [7, 11) is 0. The van der Waals surface area contributed by atoms with Crippen molar-refractivity contribution in [1.82, 2.24) is 20.2 Å². The van der Waals surface area contributed by atoms with E-state index in [1.165, 1.54) is 6.07 Å². The maximum absolute atomic E-state index is 14.1. The Kier molecular flexibility index (Phi) is 5.80. The second-order valence-electron chi connectivity index (χ2n) is 8.21. The molecule has 0 unspecified atom stereocenters. The number of nitrogens with two attached hydrogens (primary N) is 1. The molecule has 0 saturated heterocycles. The van der Waals surface area contributed by atoms with E-state index in [2.05, 4.69) is 39.7 Å². The fourth-order valence-corrected chi connectivity index (χ4v) is 3.82. The second-order valence-corrected chi connectivity index (χ2v) is 8.21. The quantitative estimate of drug-likeness (QED) is 0.484. The van der Waals surface area contributed by atoms with Gasteiger partial charge in [-0.15, -0.1) is 0 Å². The minimum absolute atomic E-state index is 0.0807. The molecule has 0 radical (unpaired) electrons. The van der Waals surface area contributed by atoms with Crippen LogP contribution in [-0.2, 0) is 6.54 Å². The van der Waals surface area contributed by atoms with Crippen molar-refractivity contribution in [3.8, 4) is 0 Å². The summed E-state index contributed by atoms with van der Waals surface area (Å²) < 4.78 is 27.6. The third kappa shape index (κ3) is 4.21. The van der Waals surface area contributed by atoms with Gasteiger partial charge in [-0.05, 0) is 37.7 Å². The molecule has 2 aromatic heterocycles. The predicted octanol–water partition coefficient (Wildman–Crippen LogP) is 4.05. The maximum Gasteiger partial charge on any atom is 0.225 e. The highest BCUT2D eigenvalue weighted by molar-refractivity contribution is 5.88. The molecular formula is C21H27F2N7. The predicted molar refractivity (Wildman–Crippen MR) is 113 cm³/mol. The topological polar surface area (TPSA) is 105 Å². The zero-order valence-electron chi connectivity index (χ0n) is 17.2. The number of benzene rings is 1. The van der Waals surface area contributed by atoms with Crippen LogP contribution in [0.5, 0.6) is 0 Å². The van der Waals surface area contributed by atoms with Crippen molar-refractivity contribution >= 4 is 22.8 Å². The van der Waals surface area contributed by atoms with Gasteiger partial charge >= 0.3 is 0 Å². The number of anilines is 2. The first kappa shape index (κ1) is 20.5. The molecule has 0 atom stereocenters. The van der Waals surface area contributed by atoms with Crippen LogP contribution in [0, 0.1) is 11.6 Å². The summed E-state index contributed by atoms with van der Waals surface area (Å²) in [6.45, 7) is 4.19. The Labute approximate surface area is 173 Å². The van der Waals surface area contributed by atoms with E-state index < -0.39 is 11.6 Å². The van der Waals surface area contributed by atoms with Crippen LogP contribution < -0.4 is 16.4 Å². The highest BCUT2D eigenvalue weighted by Crippen LogP contribution is 2.28. The number of aromatic nitrogens is 4. The minimum Gasteiger partial charge on any atom is -0.364 e. The summed E-state index contributed by atoms with van der Waals surface area (Å²) in [4.78, 5) is 9.29. The molecule has 0 aliphatic heterocycles. The third-order valence-corrected chi connectivity index (χ3v) is 5.59. The van der Waals surface area contributed by atoms with Crippen molar-refractivity contribution in [3.05, 3.63) is 41.1 Å². The van der Waals surface area contributed by atoms with Gasteiger partial charge in [-0.25, -0.2) is 13.8 Å². The molecule has 1 aliphatic rings. The average molecular weight is 415 g/mol. The Morgan fingerprint density at radius 3 is 2.63 bits per heavy atom. The van der Waals surface area contributed by atoms with Gasteiger partial charge in [0.05, 0.1) is 5.69 Å². The molecule has 0 spiro atoms. The fourth-order valence-electron chi connectivity index (χ4n) is 3.82. The molecule has 3 aromatic rings. The van der Waals surface area contributed by atoms with Crippen LogP contribution in [0.2, 0.25) is 0 Å². The molecule has 9 heteroatoms. The molecule has 4 rings (SSSR count). The normalized spacial score (nSPS) is 19.4. The van der Waals surface area contributed by atoms with Gasteiger partial charge in [0.2, 0.25) is 5.95 Å². The number of nitrogens with zero attached hydrogens (tertiary/aromatic N) is 3. The number of H-pyrrole nitrogens is 1. The monoisotopic (exact) mass is 415 g/mol. The van der Waals surface area contributed by atoms with Gasteiger partial charge in [0.1, 0.15) is 5.52 Å². The number of fused-ring (bicyclic) bond motifs is 1. The van der Waals surface area contributed by atoms with E-state index in [0.717, 1.165) is 43.0 Å². The number of nitrogens with one attached hydrogen (secondary N) is 3. The van der Waals surface area contributed by atoms with Gasteiger partial charge in [0, 0.05) is 24.2 Å². The van der Waals surface area contributed by atoms with Crippen LogP contribution in [0.15, 0.2) is 18.2 Å². The molecule has 1 saturated carbocycles. The Morgan fingerprint density at radius 1 is 1.13 bits per heavy atom. The van der Waals surface area contributed by atoms with Crippen molar-refractivity contribution in [2.24, 2.45) is 5.73 Å². The molecule has 0 bridgehead atoms. The van der Waals surface area contributed by atoms with E-state index in [4.69, 9.17) is 10.7 Å². The van der Waals surface area contributed by atoms with E-state index in [-0.39, 0.29) is 30.1 Å². The molecule has 1 aromatic carbocycles. The fraction of sp³-hybridized carbons (Fsp3) is 0.476. The lowest BCUT2D eigenvalue weighted by atomic mass is 9.92. The van der Waals surface area contributed by atoms with Crippen molar-refractivity contribution in [1.29, 1.82) is 0 Å². The maximum atomic E-state index is 14.1. The Balaban J connectivity index is 1.64. The smallest absolute Gasteiger partial charge is 0.225 e. The number of rotatable bonds is 6. The average Bonchev–Trinajstić information content (AvgIpc) is 3.15. The highest BCUT2D eigenvalue weighted by Gasteiger charge is 2.22. The molecule has 0 amide bonds. The zero-order chi connectivity index (χ0) is 21.3. The summed E-state index contributed by atoms with van der Waals surface area (Å²) in [6, 6.07) is 4.63. The third-order valence-electron chi connectivity index (χ3n) is 5.59. The van der Waals surface area contributed by atoms with Gasteiger partial charge in [0.15, 0.2) is 23.0 Å². The lowest BCUT2D eigenvalue weighted by Gasteiger charge is -2.26. The van der Waals surface area contributed by atoms with Gasteiger partial charge < -0.3 is 16.4 Å². The summed E-state index contributed by atoms with van der Waals surface area (Å²) in [6.07, 6.45) is 3.85. The Hall–Kier alpha value is -2.81. The summed E-state index contributed by atoms with van der Waals surface area (Å²) in [5, 5.41) is 13.9. The first-order chi connectivity index (χ1) is 14.4. The molecule has 160 valence electrons. The van der Waals surface area contributed by atoms with Gasteiger partial charge in [0.25, 0.3) is 0 Å². The van der Waals surface area contributed by atoms with Crippen molar-refractivity contribution in [2.75, 3.05) is 10.6 Å². The van der Waals surface area contributed by atoms with Crippen molar-refractivity contribution < 1.29 is 8.78 Å². The van der Waals surface area contributed by atoms with Crippen molar-refractivity contribution in [2.45, 2.75) is 64.1 Å². The Morgan fingerprint density at radius 2 is 1.90 bits per heavy atom. The van der Waals surface area contributed by atoms with Gasteiger partial charge in [-0.1, -0.05) is 26.0 Å². The molecule has 1 aliphatic carbocycles. The molecule has 7 nitrogen and oxygen atoms in total. The molecule has 5 N–H and O–H groups in total. The van der Waals surface area contributed by atoms with Gasteiger partial charge in [-0.3, -0.25) is 5.10 Å². The van der Waals surface area contributed by atoms with E-state index in [0.29, 0.717) is 17.3 Å². The Bertz CT molecular complexity index is 1030. The SMILES string of the molecule is CC(C)c1[nH]nc2c(NCc3cccc(F)c3F)nc(NC3CCC(N)CC3)nc12. The molecule has 2 heterocycles. The minimum atomic E-state index is -0.873. The highest BCUT2D eigenvalue weighted by atomic mass is 19.2. The van der Waals surface area contributed by atoms with E-state index in [1.54, 1.807) is 6.07 Å². The lowest BCUT2D eigenvalue weighted by molar-refractivity contribution is 0.410. The van der Waals surface area contributed by atoms with Crippen LogP contribution in [0.3, 0.4) is 0 Å². The summed E-state index contributed by atoms with van der Waals surface area (Å²) in [5.74, 6) is -0.576. The lowest BCUT2D eigenvalue weighted by Crippen LogP contribution is -2.33. The standard InChI is InChI=1S/C21H27F2N7/c1-11(2)17-18-19(30-29-17)20(25-10-12-4-3-5-15(22)16(12)23)28-21(27-18)26-14-8-6-13(24)7-9-14/h3-5,11,13-14H,6-10,24H2,1-2H3,(H,29,30)(H2,25,26,27,28). The van der Waals surface area contributed by atoms with Crippen LogP contribution >= 0.6 is 0 Å². The summed E-state index contributed by atoms with van der Waals surface area (Å²) in [5.41, 5.74) is 8.43. The van der Waals surface area contributed by atoms with Crippen molar-refractivity contribution in [3.63, 3.8) is 0 Å². The molecule has 30 heavy (non-hydrogen) atoms. The first-order valence-electron chi connectivity index (χ1n) is 10.4. The largest absolute Gasteiger partial charge is 0.364 e. The van der Waals surface area contributed by atoms with E-state index >= 15 is 0 Å². The number of hydrogen-bond donors (Lipinski definition) is 4. The van der Waals surface area contributed by atoms with Crippen LogP contribution in [-0.4, -0.2) is 32.2 Å². The number of halogens is 2. The van der Waals surface area contributed by atoms with E-state index in [9.17, 15) is 8.78 Å². The zero-order valence-corrected chi connectivity index (χ0v) is 17.2. The van der Waals surface area contributed by atoms with Crippen LogP contribution in [0.4, 0.5) is 20.5 Å². The molecular weight excluding hydrogens is 388 g/mol. The van der Waals surface area contributed by atoms with Gasteiger partial charge in [-0.2, -0.15) is 10.1 Å². The van der Waals surface area contributed by atoms with Crippen LogP contribution in [0.25, 0.3) is 11.0 Å². The number of aromatic amines is 1. The summed E-state index contributed by atoms with van der Waals surface area (Å²) >= 11 is 0. The molecule has 1 fully saturated rings. The first-order valence-corrected chi connectivity index (χ1v) is 10.4. The van der Waals surface area contributed by atoms with E-state index in [1.807, 2.05) is 0 Å². The number of hydrogen-bond acceptors (Lipinski definition) is 6. The second kappa shape index (κ2) is 8.51. The van der Waals surface area contributed by atoms with Crippen LogP contribution in [0.1, 0.15) is 56.7 Å².